The van der Waals surface area contributed by atoms with Crippen LogP contribution in [0.2, 0.25) is 0 Å². The number of amides is 3. The molecule has 0 radical (unpaired) electrons. The Bertz CT molecular complexity index is 420. The second-order valence-corrected chi connectivity index (χ2v) is 5.69. The Balaban J connectivity index is 1.77. The van der Waals surface area contributed by atoms with Gasteiger partial charge in [-0.3, -0.25) is 24.7 Å². The predicted molar refractivity (Wildman–Crippen MR) is 75.7 cm³/mol. The highest BCUT2D eigenvalue weighted by atomic mass is 16.2. The highest BCUT2D eigenvalue weighted by Gasteiger charge is 2.29. The summed E-state index contributed by atoms with van der Waals surface area (Å²) < 4.78 is 0. The van der Waals surface area contributed by atoms with E-state index in [1.165, 1.54) is 0 Å². The second kappa shape index (κ2) is 6.86. The molecule has 0 aliphatic carbocycles. The summed E-state index contributed by atoms with van der Waals surface area (Å²) in [7, 11) is 1.77. The summed E-state index contributed by atoms with van der Waals surface area (Å²) in [5.74, 6) is 4.93. The van der Waals surface area contributed by atoms with Crippen LogP contribution in [0.15, 0.2) is 0 Å². The van der Waals surface area contributed by atoms with Gasteiger partial charge in [0.1, 0.15) is 0 Å². The number of hydrogen-bond acceptors (Lipinski definition) is 5. The van der Waals surface area contributed by atoms with E-state index in [-0.39, 0.29) is 30.2 Å². The highest BCUT2D eigenvalue weighted by Crippen LogP contribution is 2.17. The Kier molecular flexibility index (Phi) is 5.13. The van der Waals surface area contributed by atoms with E-state index in [4.69, 9.17) is 5.84 Å². The number of carbonyl (C=O) groups excluding carboxylic acids is 3. The molecular formula is C13H23N5O3. The number of hydrogen-bond donors (Lipinski definition) is 2. The van der Waals surface area contributed by atoms with Crippen molar-refractivity contribution in [2.75, 3.05) is 46.3 Å². The number of nitrogens with two attached hydrogens (primary N) is 1. The molecule has 2 fully saturated rings. The number of likely N-dealkylation sites (tertiary alicyclic amines) is 1. The first-order valence-corrected chi connectivity index (χ1v) is 7.26. The van der Waals surface area contributed by atoms with Crippen LogP contribution < -0.4 is 11.3 Å². The van der Waals surface area contributed by atoms with E-state index in [1.54, 1.807) is 16.8 Å². The van der Waals surface area contributed by atoms with Crippen molar-refractivity contribution < 1.29 is 14.4 Å². The van der Waals surface area contributed by atoms with Crippen LogP contribution in [0.4, 0.5) is 0 Å². The maximum Gasteiger partial charge on any atom is 0.237 e. The number of hydrazine groups is 1. The quantitative estimate of drug-likeness (QED) is 0.356. The third-order valence-corrected chi connectivity index (χ3v) is 4.26. The van der Waals surface area contributed by atoms with Gasteiger partial charge in [0.25, 0.3) is 0 Å². The summed E-state index contributed by atoms with van der Waals surface area (Å²) >= 11 is 0. The molecule has 0 unspecified atom stereocenters. The Morgan fingerprint density at radius 3 is 2.48 bits per heavy atom. The average molecular weight is 297 g/mol. The number of piperazine rings is 1. The monoisotopic (exact) mass is 297 g/mol. The molecule has 21 heavy (non-hydrogen) atoms. The number of likely N-dealkylation sites (N-methyl/N-ethyl adjacent to an activating group) is 1. The van der Waals surface area contributed by atoms with Crippen LogP contribution in [0.1, 0.15) is 12.8 Å². The summed E-state index contributed by atoms with van der Waals surface area (Å²) in [6, 6.07) is 0. The summed E-state index contributed by atoms with van der Waals surface area (Å²) in [5.41, 5.74) is 2.16. The van der Waals surface area contributed by atoms with Gasteiger partial charge in [0.2, 0.25) is 17.7 Å². The van der Waals surface area contributed by atoms with Gasteiger partial charge in [-0.2, -0.15) is 0 Å². The van der Waals surface area contributed by atoms with E-state index in [9.17, 15) is 14.4 Å². The summed E-state index contributed by atoms with van der Waals surface area (Å²) in [6.45, 7) is 3.09. The fourth-order valence-corrected chi connectivity index (χ4v) is 2.74. The molecule has 8 nitrogen and oxygen atoms in total. The van der Waals surface area contributed by atoms with Crippen molar-refractivity contribution in [1.82, 2.24) is 20.1 Å². The summed E-state index contributed by atoms with van der Waals surface area (Å²) in [5, 5.41) is 0. The first-order valence-electron chi connectivity index (χ1n) is 7.26. The van der Waals surface area contributed by atoms with Gasteiger partial charge in [0.15, 0.2) is 0 Å². The molecule has 0 aromatic carbocycles. The van der Waals surface area contributed by atoms with Gasteiger partial charge in [0, 0.05) is 39.1 Å². The van der Waals surface area contributed by atoms with Gasteiger partial charge < -0.3 is 9.80 Å². The molecule has 118 valence electrons. The lowest BCUT2D eigenvalue weighted by Crippen LogP contribution is -2.52. The smallest absolute Gasteiger partial charge is 0.237 e. The first-order chi connectivity index (χ1) is 10.0. The first kappa shape index (κ1) is 15.7. The third-order valence-electron chi connectivity index (χ3n) is 4.26. The molecule has 8 heteroatoms. The lowest BCUT2D eigenvalue weighted by atomic mass is 9.96. The lowest BCUT2D eigenvalue weighted by molar-refractivity contribution is -0.140. The van der Waals surface area contributed by atoms with Crippen LogP contribution in [0.5, 0.6) is 0 Å². The van der Waals surface area contributed by atoms with Crippen LogP contribution in [0.25, 0.3) is 0 Å². The molecule has 2 aliphatic heterocycles. The zero-order valence-corrected chi connectivity index (χ0v) is 12.4. The molecule has 0 spiro atoms. The van der Waals surface area contributed by atoms with E-state index in [2.05, 4.69) is 5.43 Å². The number of rotatable bonds is 3. The van der Waals surface area contributed by atoms with E-state index >= 15 is 0 Å². The Hall–Kier alpha value is -1.67. The minimum absolute atomic E-state index is 0.0268. The molecule has 0 aromatic heterocycles. The standard InChI is InChI=1S/C13H23N5O3/c1-16-6-7-17(8-11(16)19)9-12(20)18-4-2-10(3-5-18)13(21)15-14/h10H,2-9,14H2,1H3,(H,15,21). The number of carbonyl (C=O) groups is 3. The molecular weight excluding hydrogens is 274 g/mol. The van der Waals surface area contributed by atoms with E-state index < -0.39 is 0 Å². The van der Waals surface area contributed by atoms with Gasteiger partial charge in [-0.1, -0.05) is 0 Å². The summed E-state index contributed by atoms with van der Waals surface area (Å²) in [4.78, 5) is 40.6. The maximum atomic E-state index is 12.2. The van der Waals surface area contributed by atoms with E-state index in [0.29, 0.717) is 39.0 Å². The molecule has 2 saturated heterocycles. The van der Waals surface area contributed by atoms with Gasteiger partial charge in [-0.25, -0.2) is 5.84 Å². The van der Waals surface area contributed by atoms with Crippen molar-refractivity contribution >= 4 is 17.7 Å². The summed E-state index contributed by atoms with van der Waals surface area (Å²) in [6.07, 6.45) is 1.27. The van der Waals surface area contributed by atoms with Crippen molar-refractivity contribution in [3.63, 3.8) is 0 Å². The van der Waals surface area contributed by atoms with Crippen molar-refractivity contribution in [2.24, 2.45) is 11.8 Å². The van der Waals surface area contributed by atoms with E-state index in [1.807, 2.05) is 4.90 Å². The van der Waals surface area contributed by atoms with Crippen LogP contribution in [-0.2, 0) is 14.4 Å². The molecule has 0 aromatic rings. The topological polar surface area (TPSA) is 99.0 Å². The van der Waals surface area contributed by atoms with Crippen molar-refractivity contribution in [3.8, 4) is 0 Å². The number of piperidine rings is 1. The maximum absolute atomic E-state index is 12.2. The molecule has 2 rings (SSSR count). The van der Waals surface area contributed by atoms with Gasteiger partial charge in [-0.15, -0.1) is 0 Å². The van der Waals surface area contributed by atoms with Crippen molar-refractivity contribution in [1.29, 1.82) is 0 Å². The molecule has 3 N–H and O–H groups in total. The van der Waals surface area contributed by atoms with Crippen LogP contribution in [-0.4, -0.2) is 78.7 Å². The van der Waals surface area contributed by atoms with Crippen LogP contribution >= 0.6 is 0 Å². The average Bonchev–Trinajstić information content (AvgIpc) is 2.50. The Morgan fingerprint density at radius 2 is 1.90 bits per heavy atom. The molecule has 2 heterocycles. The van der Waals surface area contributed by atoms with E-state index in [0.717, 1.165) is 6.54 Å². The second-order valence-electron chi connectivity index (χ2n) is 5.69. The highest BCUT2D eigenvalue weighted by molar-refractivity contribution is 5.82. The minimum atomic E-state index is -0.160. The van der Waals surface area contributed by atoms with Crippen LogP contribution in [0.3, 0.4) is 0 Å². The lowest BCUT2D eigenvalue weighted by Gasteiger charge is -2.35. The minimum Gasteiger partial charge on any atom is -0.343 e. The van der Waals surface area contributed by atoms with Gasteiger partial charge in [-0.05, 0) is 12.8 Å². The fraction of sp³-hybridized carbons (Fsp3) is 0.769. The van der Waals surface area contributed by atoms with Gasteiger partial charge >= 0.3 is 0 Å². The normalized spacial score (nSPS) is 21.5. The SMILES string of the molecule is CN1CCN(CC(=O)N2CCC(C(=O)NN)CC2)CC1=O. The number of nitrogens with zero attached hydrogens (tertiary/aromatic N) is 3. The van der Waals surface area contributed by atoms with Crippen molar-refractivity contribution in [2.45, 2.75) is 12.8 Å². The third kappa shape index (κ3) is 3.92. The largest absolute Gasteiger partial charge is 0.343 e. The fourth-order valence-electron chi connectivity index (χ4n) is 2.74. The zero-order chi connectivity index (χ0) is 15.4. The molecule has 2 aliphatic rings. The predicted octanol–water partition coefficient (Wildman–Crippen LogP) is -2.01. The van der Waals surface area contributed by atoms with Gasteiger partial charge in [0.05, 0.1) is 13.1 Å². The van der Waals surface area contributed by atoms with Crippen molar-refractivity contribution in [3.05, 3.63) is 0 Å². The molecule has 0 atom stereocenters. The molecule has 0 saturated carbocycles. The zero-order valence-electron chi connectivity index (χ0n) is 12.4. The Morgan fingerprint density at radius 1 is 1.24 bits per heavy atom. The molecule has 0 bridgehead atoms. The number of nitrogens with one attached hydrogen (secondary N) is 1. The molecule has 3 amide bonds. The van der Waals surface area contributed by atoms with Crippen LogP contribution in [0, 0.1) is 5.92 Å². The Labute approximate surface area is 124 Å².